The zero-order valence-corrected chi connectivity index (χ0v) is 16.7. The molecule has 1 heteroatoms. The molecule has 130 valence electrons. The second-order valence-corrected chi connectivity index (χ2v) is 8.52. The Morgan fingerprint density at radius 2 is 0.852 bits per heavy atom. The minimum absolute atomic E-state index is 0.484. The average molecular weight is 411 g/mol. The van der Waals surface area contributed by atoms with E-state index in [4.69, 9.17) is 0 Å². The number of rotatable bonds is 2. The molecular weight excluding hydrogens is 391 g/mol. The van der Waals surface area contributed by atoms with E-state index in [1.807, 2.05) is 12.1 Å². The molecule has 0 amide bonds. The first-order chi connectivity index (χ1) is 13.4. The monoisotopic (exact) mass is 412 g/mol. The fourth-order valence-electron chi connectivity index (χ4n) is 2.99. The van der Waals surface area contributed by atoms with Crippen LogP contribution in [0, 0.1) is 0 Å². The van der Waals surface area contributed by atoms with Gasteiger partial charge in [-0.25, -0.2) is 0 Å². The van der Waals surface area contributed by atoms with Crippen molar-refractivity contribution in [3.8, 4) is 21.1 Å². The molecule has 0 N–H and O–H groups in total. The van der Waals surface area contributed by atoms with E-state index in [0.717, 1.165) is 0 Å². The number of hydrogen-bond donors (Lipinski definition) is 0. The van der Waals surface area contributed by atoms with Gasteiger partial charge in [0.05, 0.1) is 0 Å². The van der Waals surface area contributed by atoms with E-state index in [0.29, 0.717) is 14.5 Å². The number of hydrogen-bond acceptors (Lipinski definition) is 0. The van der Waals surface area contributed by atoms with E-state index < -0.39 is 0 Å². The van der Waals surface area contributed by atoms with Crippen LogP contribution in [0.15, 0.2) is 121 Å². The van der Waals surface area contributed by atoms with Crippen LogP contribution >= 0.6 is 0 Å². The first-order valence-electron chi connectivity index (χ1n) is 9.04. The van der Waals surface area contributed by atoms with Gasteiger partial charge in [0.1, 0.15) is 0 Å². The van der Waals surface area contributed by atoms with Crippen LogP contribution < -0.4 is 0 Å². The second kappa shape index (κ2) is 8.68. The molecule has 0 saturated carbocycles. The Bertz CT molecular complexity index is 1020. The number of fused-ring (bicyclic) bond motifs is 1. The Kier molecular flexibility index (Phi) is 5.64. The molecule has 0 aliphatic carbocycles. The van der Waals surface area contributed by atoms with Gasteiger partial charge in [-0.15, -0.1) is 0 Å². The van der Waals surface area contributed by atoms with E-state index in [2.05, 4.69) is 109 Å². The maximum Gasteiger partial charge on any atom is -0.0184 e. The SMILES string of the molecule is c1ccc(-c2cc3ccccc3[se]2)cc1.c1ccc(-c2ccccc2)cc1. The molecule has 0 radical (unpaired) electrons. The van der Waals surface area contributed by atoms with Gasteiger partial charge in [0.2, 0.25) is 0 Å². The van der Waals surface area contributed by atoms with E-state index in [9.17, 15) is 0 Å². The Balaban J connectivity index is 0.000000137. The minimum Gasteiger partial charge on any atom is -0.0622 e. The van der Waals surface area contributed by atoms with Gasteiger partial charge in [0.25, 0.3) is 0 Å². The second-order valence-electron chi connectivity index (χ2n) is 6.25. The predicted molar refractivity (Wildman–Crippen MR) is 118 cm³/mol. The van der Waals surface area contributed by atoms with Gasteiger partial charge in [0.15, 0.2) is 0 Å². The molecule has 0 bridgehead atoms. The molecule has 0 saturated heterocycles. The fourth-order valence-corrected chi connectivity index (χ4v) is 5.23. The summed E-state index contributed by atoms with van der Waals surface area (Å²) in [4.78, 5) is 0. The van der Waals surface area contributed by atoms with Crippen molar-refractivity contribution in [1.29, 1.82) is 0 Å². The molecule has 5 aromatic rings. The maximum absolute atomic E-state index is 2.32. The standard InChI is InChI=1S/C14H10Se.C12H10/c1-2-6-11(7-3-1)14-10-12-8-4-5-9-13(12)15-14;1-3-7-11(8-4-1)12-9-5-2-6-10-12/h1-10H;1-10H. The summed E-state index contributed by atoms with van der Waals surface area (Å²) < 4.78 is 2.99. The number of benzene rings is 4. The Labute approximate surface area is 166 Å². The van der Waals surface area contributed by atoms with Crippen LogP contribution in [0.25, 0.3) is 30.8 Å². The molecule has 0 atom stereocenters. The van der Waals surface area contributed by atoms with Crippen molar-refractivity contribution < 1.29 is 0 Å². The Morgan fingerprint density at radius 3 is 1.37 bits per heavy atom. The van der Waals surface area contributed by atoms with Crippen molar-refractivity contribution in [2.45, 2.75) is 0 Å². The largest absolute Gasteiger partial charge is 0.0622 e. The van der Waals surface area contributed by atoms with Gasteiger partial charge in [-0.2, -0.15) is 0 Å². The van der Waals surface area contributed by atoms with Crippen molar-refractivity contribution in [2.24, 2.45) is 0 Å². The minimum atomic E-state index is 0.484. The summed E-state index contributed by atoms with van der Waals surface area (Å²) >= 11 is 0.484. The molecule has 0 unspecified atom stereocenters. The van der Waals surface area contributed by atoms with E-state index >= 15 is 0 Å². The summed E-state index contributed by atoms with van der Waals surface area (Å²) in [6.07, 6.45) is 0. The average Bonchev–Trinajstić information content (AvgIpc) is 3.21. The van der Waals surface area contributed by atoms with Gasteiger partial charge < -0.3 is 0 Å². The molecule has 0 aliphatic rings. The molecule has 5 rings (SSSR count). The normalized spacial score (nSPS) is 10.2. The summed E-state index contributed by atoms with van der Waals surface area (Å²) in [7, 11) is 0. The summed E-state index contributed by atoms with van der Waals surface area (Å²) in [5, 5.41) is 1.40. The van der Waals surface area contributed by atoms with Crippen LogP contribution in [0.3, 0.4) is 0 Å². The Hall–Kier alpha value is -2.86. The van der Waals surface area contributed by atoms with Gasteiger partial charge in [-0.05, 0) is 11.1 Å². The summed E-state index contributed by atoms with van der Waals surface area (Å²) in [5.41, 5.74) is 3.92. The van der Waals surface area contributed by atoms with Gasteiger partial charge >= 0.3 is 94.8 Å². The predicted octanol–water partition coefficient (Wildman–Crippen LogP) is 6.92. The topological polar surface area (TPSA) is 0 Å². The fraction of sp³-hybridized carbons (Fsp3) is 0. The molecule has 27 heavy (non-hydrogen) atoms. The van der Waals surface area contributed by atoms with Crippen LogP contribution in [-0.4, -0.2) is 14.5 Å². The molecule has 1 heterocycles. The molecule has 4 aromatic carbocycles. The summed E-state index contributed by atoms with van der Waals surface area (Å²) in [6, 6.07) is 42.5. The maximum atomic E-state index is 2.32. The van der Waals surface area contributed by atoms with Crippen molar-refractivity contribution in [2.75, 3.05) is 0 Å². The Morgan fingerprint density at radius 1 is 0.407 bits per heavy atom. The smallest absolute Gasteiger partial charge is 0.0184 e. The molecule has 0 spiro atoms. The first kappa shape index (κ1) is 17.5. The van der Waals surface area contributed by atoms with Gasteiger partial charge in [0, 0.05) is 0 Å². The summed E-state index contributed by atoms with van der Waals surface area (Å²) in [5.74, 6) is 0. The summed E-state index contributed by atoms with van der Waals surface area (Å²) in [6.45, 7) is 0. The van der Waals surface area contributed by atoms with Crippen molar-refractivity contribution >= 4 is 24.1 Å². The third-order valence-electron chi connectivity index (χ3n) is 4.36. The third kappa shape index (κ3) is 4.46. The van der Waals surface area contributed by atoms with Gasteiger partial charge in [-0.1, -0.05) is 60.7 Å². The van der Waals surface area contributed by atoms with Crippen molar-refractivity contribution in [1.82, 2.24) is 0 Å². The first-order valence-corrected chi connectivity index (χ1v) is 10.8. The quantitative estimate of drug-likeness (QED) is 0.277. The molecule has 0 nitrogen and oxygen atoms in total. The van der Waals surface area contributed by atoms with Crippen LogP contribution in [-0.2, 0) is 0 Å². The van der Waals surface area contributed by atoms with Crippen LogP contribution in [0.5, 0.6) is 0 Å². The zero-order valence-electron chi connectivity index (χ0n) is 15.0. The zero-order chi connectivity index (χ0) is 18.3. The van der Waals surface area contributed by atoms with Crippen molar-refractivity contribution in [3.63, 3.8) is 0 Å². The molecular formula is C26H20Se. The van der Waals surface area contributed by atoms with E-state index in [1.54, 1.807) is 0 Å². The van der Waals surface area contributed by atoms with Gasteiger partial charge in [-0.3, -0.25) is 0 Å². The molecule has 0 fully saturated rings. The van der Waals surface area contributed by atoms with E-state index in [-0.39, 0.29) is 0 Å². The van der Waals surface area contributed by atoms with Crippen LogP contribution in [0.2, 0.25) is 0 Å². The van der Waals surface area contributed by atoms with Crippen LogP contribution in [0.1, 0.15) is 0 Å². The third-order valence-corrected chi connectivity index (χ3v) is 6.81. The van der Waals surface area contributed by atoms with Crippen molar-refractivity contribution in [3.05, 3.63) is 121 Å². The molecule has 0 aliphatic heterocycles. The van der Waals surface area contributed by atoms with Crippen LogP contribution in [0.4, 0.5) is 0 Å². The molecule has 1 aromatic heterocycles. The van der Waals surface area contributed by atoms with E-state index in [1.165, 1.54) is 30.8 Å².